The highest BCUT2D eigenvalue weighted by molar-refractivity contribution is 9.10. The molecule has 104 valence electrons. The van der Waals surface area contributed by atoms with Gasteiger partial charge >= 0.3 is 0 Å². The van der Waals surface area contributed by atoms with Gasteiger partial charge in [-0.05, 0) is 65.9 Å². The van der Waals surface area contributed by atoms with Crippen molar-refractivity contribution in [1.82, 2.24) is 0 Å². The molecule has 0 atom stereocenters. The summed E-state index contributed by atoms with van der Waals surface area (Å²) in [5.74, 6) is -0.299. The summed E-state index contributed by atoms with van der Waals surface area (Å²) in [5.41, 5.74) is -0.0501. The first kappa shape index (κ1) is 13.6. The maximum Gasteiger partial charge on any atom is 0.143 e. The first-order chi connectivity index (χ1) is 9.05. The molecule has 1 aromatic carbocycles. The van der Waals surface area contributed by atoms with Gasteiger partial charge in [-0.25, -0.2) is 4.39 Å². The van der Waals surface area contributed by atoms with Gasteiger partial charge in [0.15, 0.2) is 0 Å². The highest BCUT2D eigenvalue weighted by Crippen LogP contribution is 2.53. The third-order valence-corrected chi connectivity index (χ3v) is 5.87. The summed E-state index contributed by atoms with van der Waals surface area (Å²) in [6.45, 7) is 0. The van der Waals surface area contributed by atoms with E-state index in [1.54, 1.807) is 18.2 Å². The minimum atomic E-state index is -0.971. The molecule has 0 radical (unpaired) electrons. The third-order valence-electron chi connectivity index (χ3n) is 5.25. The van der Waals surface area contributed by atoms with Crippen LogP contribution in [0.25, 0.3) is 0 Å². The molecule has 2 aliphatic carbocycles. The molecule has 2 aliphatic rings. The molecule has 1 spiro atoms. The molecule has 0 unspecified atom stereocenters. The fraction of sp³-hybridized carbons (Fsp3) is 0.625. The second-order valence-electron chi connectivity index (χ2n) is 6.34. The van der Waals surface area contributed by atoms with Crippen molar-refractivity contribution in [2.75, 3.05) is 0 Å². The maximum absolute atomic E-state index is 14.2. The normalized spacial score (nSPS) is 24.8. The molecule has 1 aromatic rings. The molecule has 0 aromatic heterocycles. The van der Waals surface area contributed by atoms with Crippen LogP contribution in [0.2, 0.25) is 0 Å². The Balaban J connectivity index is 1.83. The predicted molar refractivity (Wildman–Crippen MR) is 77.4 cm³/mol. The van der Waals surface area contributed by atoms with Crippen molar-refractivity contribution in [2.24, 2.45) is 5.41 Å². The topological polar surface area (TPSA) is 20.2 Å². The smallest absolute Gasteiger partial charge is 0.143 e. The molecule has 1 N–H and O–H groups in total. The van der Waals surface area contributed by atoms with E-state index in [0.29, 0.717) is 28.3 Å². The summed E-state index contributed by atoms with van der Waals surface area (Å²) >= 11 is 3.21. The van der Waals surface area contributed by atoms with E-state index in [4.69, 9.17) is 0 Å². The molecule has 0 bridgehead atoms. The van der Waals surface area contributed by atoms with E-state index >= 15 is 0 Å². The Bertz CT molecular complexity index is 470. The molecule has 0 amide bonds. The Morgan fingerprint density at radius 2 is 1.63 bits per heavy atom. The zero-order valence-electron chi connectivity index (χ0n) is 11.1. The summed E-state index contributed by atoms with van der Waals surface area (Å²) in [6.07, 6.45) is 8.70. The van der Waals surface area contributed by atoms with Crippen LogP contribution >= 0.6 is 15.9 Å². The molecule has 3 rings (SSSR count). The molecular formula is C16H20BrFO. The number of aliphatic hydroxyl groups is 1. The van der Waals surface area contributed by atoms with Gasteiger partial charge in [0.2, 0.25) is 0 Å². The Morgan fingerprint density at radius 1 is 1.00 bits per heavy atom. The largest absolute Gasteiger partial charge is 0.385 e. The van der Waals surface area contributed by atoms with E-state index in [1.807, 2.05) is 0 Å². The molecule has 2 saturated carbocycles. The minimum Gasteiger partial charge on any atom is -0.385 e. The third kappa shape index (κ3) is 2.36. The summed E-state index contributed by atoms with van der Waals surface area (Å²) in [5, 5.41) is 10.8. The Kier molecular flexibility index (Phi) is 3.46. The zero-order valence-corrected chi connectivity index (χ0v) is 12.7. The van der Waals surface area contributed by atoms with Gasteiger partial charge in [0.25, 0.3) is 0 Å². The summed E-state index contributed by atoms with van der Waals surface area (Å²) in [6, 6.07) is 5.22. The Labute approximate surface area is 122 Å². The van der Waals surface area contributed by atoms with E-state index in [-0.39, 0.29) is 5.82 Å². The second-order valence-corrected chi connectivity index (χ2v) is 7.19. The maximum atomic E-state index is 14.2. The van der Waals surface area contributed by atoms with Crippen molar-refractivity contribution in [2.45, 2.75) is 57.0 Å². The van der Waals surface area contributed by atoms with Gasteiger partial charge in [0, 0.05) is 5.56 Å². The highest BCUT2D eigenvalue weighted by atomic mass is 79.9. The summed E-state index contributed by atoms with van der Waals surface area (Å²) in [4.78, 5) is 0. The predicted octanol–water partition coefficient (Wildman–Crippen LogP) is 4.91. The number of halogens is 2. The van der Waals surface area contributed by atoms with Crippen LogP contribution < -0.4 is 0 Å². The van der Waals surface area contributed by atoms with Crippen molar-refractivity contribution >= 4 is 15.9 Å². The summed E-state index contributed by atoms with van der Waals surface area (Å²) in [7, 11) is 0. The SMILES string of the molecule is OC1(c2cccc(Br)c2F)CCC2(CCCC2)CC1. The van der Waals surface area contributed by atoms with Gasteiger partial charge in [0.1, 0.15) is 5.82 Å². The molecule has 1 nitrogen and oxygen atoms in total. The number of hydrogen-bond acceptors (Lipinski definition) is 1. The molecule has 19 heavy (non-hydrogen) atoms. The Hall–Kier alpha value is -0.410. The molecule has 3 heteroatoms. The lowest BCUT2D eigenvalue weighted by Gasteiger charge is -2.42. The Morgan fingerprint density at radius 3 is 2.26 bits per heavy atom. The lowest BCUT2D eigenvalue weighted by Crippen LogP contribution is -2.36. The second kappa shape index (κ2) is 4.85. The minimum absolute atomic E-state index is 0.299. The van der Waals surface area contributed by atoms with Crippen molar-refractivity contribution in [3.8, 4) is 0 Å². The van der Waals surface area contributed by atoms with Crippen molar-refractivity contribution in [3.05, 3.63) is 34.1 Å². The monoisotopic (exact) mass is 326 g/mol. The van der Waals surface area contributed by atoms with Gasteiger partial charge in [-0.1, -0.05) is 25.0 Å². The zero-order chi connectivity index (χ0) is 13.5. The van der Waals surface area contributed by atoms with Crippen molar-refractivity contribution in [1.29, 1.82) is 0 Å². The van der Waals surface area contributed by atoms with Crippen LogP contribution in [0.3, 0.4) is 0 Å². The highest BCUT2D eigenvalue weighted by Gasteiger charge is 2.44. The molecular weight excluding hydrogens is 307 g/mol. The first-order valence-corrected chi connectivity index (χ1v) is 8.01. The fourth-order valence-electron chi connectivity index (χ4n) is 3.95. The molecule has 2 fully saturated rings. The van der Waals surface area contributed by atoms with Crippen LogP contribution in [0.4, 0.5) is 4.39 Å². The van der Waals surface area contributed by atoms with E-state index in [0.717, 1.165) is 12.8 Å². The fourth-order valence-corrected chi connectivity index (χ4v) is 4.32. The number of hydrogen-bond donors (Lipinski definition) is 1. The number of benzene rings is 1. The van der Waals surface area contributed by atoms with Crippen LogP contribution in [0.1, 0.15) is 56.9 Å². The van der Waals surface area contributed by atoms with E-state index in [2.05, 4.69) is 15.9 Å². The van der Waals surface area contributed by atoms with Crippen LogP contribution in [-0.2, 0) is 5.60 Å². The average Bonchev–Trinajstić information content (AvgIpc) is 2.86. The van der Waals surface area contributed by atoms with Gasteiger partial charge in [-0.3, -0.25) is 0 Å². The first-order valence-electron chi connectivity index (χ1n) is 7.22. The quantitative estimate of drug-likeness (QED) is 0.777. The standard InChI is InChI=1S/C16H20BrFO/c17-13-5-3-4-12(14(13)18)16(19)10-8-15(9-11-16)6-1-2-7-15/h3-5,19H,1-2,6-11H2. The van der Waals surface area contributed by atoms with E-state index < -0.39 is 5.60 Å². The molecule has 0 saturated heterocycles. The lowest BCUT2D eigenvalue weighted by molar-refractivity contribution is -0.0401. The average molecular weight is 327 g/mol. The molecule has 0 aliphatic heterocycles. The van der Waals surface area contributed by atoms with Crippen molar-refractivity contribution < 1.29 is 9.50 Å². The molecule has 0 heterocycles. The van der Waals surface area contributed by atoms with Gasteiger partial charge < -0.3 is 5.11 Å². The van der Waals surface area contributed by atoms with E-state index in [9.17, 15) is 9.50 Å². The van der Waals surface area contributed by atoms with Crippen LogP contribution in [0, 0.1) is 11.2 Å². The van der Waals surface area contributed by atoms with Crippen LogP contribution in [0.15, 0.2) is 22.7 Å². The van der Waals surface area contributed by atoms with Gasteiger partial charge in [0.05, 0.1) is 10.1 Å². The summed E-state index contributed by atoms with van der Waals surface area (Å²) < 4.78 is 14.6. The van der Waals surface area contributed by atoms with Crippen LogP contribution in [0.5, 0.6) is 0 Å². The van der Waals surface area contributed by atoms with Crippen molar-refractivity contribution in [3.63, 3.8) is 0 Å². The number of rotatable bonds is 1. The van der Waals surface area contributed by atoms with Crippen LogP contribution in [-0.4, -0.2) is 5.11 Å². The van der Waals surface area contributed by atoms with Gasteiger partial charge in [-0.2, -0.15) is 0 Å². The van der Waals surface area contributed by atoms with E-state index in [1.165, 1.54) is 25.7 Å². The lowest BCUT2D eigenvalue weighted by atomic mass is 9.66. The van der Waals surface area contributed by atoms with Gasteiger partial charge in [-0.15, -0.1) is 0 Å².